The Morgan fingerprint density at radius 2 is 1.61 bits per heavy atom. The van der Waals surface area contributed by atoms with Crippen LogP contribution in [0.4, 0.5) is 0 Å². The van der Waals surface area contributed by atoms with Crippen LogP contribution in [-0.4, -0.2) is 68.5 Å². The van der Waals surface area contributed by atoms with E-state index in [9.17, 15) is 18.0 Å². The molecule has 1 amide bonds. The molecule has 1 heterocycles. The third kappa shape index (κ3) is 6.05. The van der Waals surface area contributed by atoms with Gasteiger partial charge in [0.05, 0.1) is 6.26 Å². The number of sulfonamides is 1. The predicted octanol–water partition coefficient (Wildman–Crippen LogP) is 1.83. The van der Waals surface area contributed by atoms with Gasteiger partial charge in [0.2, 0.25) is 10.0 Å². The zero-order valence-corrected chi connectivity index (χ0v) is 18.4. The second-order valence-corrected chi connectivity index (χ2v) is 9.31. The van der Waals surface area contributed by atoms with Crippen molar-refractivity contribution in [2.75, 3.05) is 39.0 Å². The molecule has 0 bridgehead atoms. The van der Waals surface area contributed by atoms with Crippen molar-refractivity contribution in [2.45, 2.75) is 13.5 Å². The number of piperazine rings is 1. The number of aryl methyl sites for hydroxylation is 1. The molecule has 31 heavy (non-hydrogen) atoms. The van der Waals surface area contributed by atoms with Crippen molar-refractivity contribution in [3.63, 3.8) is 0 Å². The number of carbonyl (C=O) groups is 2. The van der Waals surface area contributed by atoms with Crippen LogP contribution in [0, 0.1) is 6.92 Å². The molecule has 1 aliphatic rings. The van der Waals surface area contributed by atoms with Gasteiger partial charge in [-0.05, 0) is 30.2 Å². The van der Waals surface area contributed by atoms with Crippen LogP contribution in [0.3, 0.4) is 0 Å². The number of esters is 1. The van der Waals surface area contributed by atoms with Crippen LogP contribution in [0.25, 0.3) is 0 Å². The Morgan fingerprint density at radius 1 is 0.968 bits per heavy atom. The molecule has 0 atom stereocenters. The molecule has 0 unspecified atom stereocenters. The molecule has 0 saturated carbocycles. The topological polar surface area (TPSA) is 93.2 Å². The monoisotopic (exact) mass is 446 g/mol. The SMILES string of the molecule is Cc1ccccc1COc1ccccc1C(=O)OCC(=O)N1CCN(S(C)(=O)=O)CC1. The predicted molar refractivity (Wildman–Crippen MR) is 115 cm³/mol. The van der Waals surface area contributed by atoms with Crippen molar-refractivity contribution in [1.82, 2.24) is 9.21 Å². The lowest BCUT2D eigenvalue weighted by atomic mass is 10.1. The standard InChI is InChI=1S/C22H26N2O6S/c1-17-7-3-4-8-18(17)15-29-20-10-6-5-9-19(20)22(26)30-16-21(25)23-11-13-24(14-12-23)31(2,27)28/h3-10H,11-16H2,1-2H3. The maximum Gasteiger partial charge on any atom is 0.342 e. The van der Waals surface area contributed by atoms with E-state index in [1.54, 1.807) is 24.3 Å². The number of carbonyl (C=O) groups excluding carboxylic acids is 2. The van der Waals surface area contributed by atoms with Crippen molar-refractivity contribution in [3.05, 3.63) is 65.2 Å². The van der Waals surface area contributed by atoms with Crippen molar-refractivity contribution >= 4 is 21.9 Å². The molecule has 2 aromatic rings. The number of amides is 1. The van der Waals surface area contributed by atoms with E-state index in [1.165, 1.54) is 9.21 Å². The zero-order chi connectivity index (χ0) is 22.4. The van der Waals surface area contributed by atoms with E-state index < -0.39 is 22.6 Å². The van der Waals surface area contributed by atoms with Gasteiger partial charge in [-0.2, -0.15) is 4.31 Å². The van der Waals surface area contributed by atoms with Gasteiger partial charge in [0.15, 0.2) is 6.61 Å². The Bertz CT molecular complexity index is 1050. The summed E-state index contributed by atoms with van der Waals surface area (Å²) in [6.07, 6.45) is 1.14. The van der Waals surface area contributed by atoms with Crippen LogP contribution in [0.2, 0.25) is 0 Å². The average Bonchev–Trinajstić information content (AvgIpc) is 2.76. The first kappa shape index (κ1) is 22.8. The molecule has 0 aliphatic carbocycles. The van der Waals surface area contributed by atoms with Gasteiger partial charge in [-0.1, -0.05) is 36.4 Å². The van der Waals surface area contributed by atoms with Gasteiger partial charge in [0.1, 0.15) is 17.9 Å². The number of hydrogen-bond acceptors (Lipinski definition) is 6. The average molecular weight is 447 g/mol. The molecule has 1 aliphatic heterocycles. The molecular formula is C22H26N2O6S. The molecule has 3 rings (SSSR count). The summed E-state index contributed by atoms with van der Waals surface area (Å²) in [5.41, 5.74) is 2.34. The second-order valence-electron chi connectivity index (χ2n) is 7.33. The molecule has 1 saturated heterocycles. The number of para-hydroxylation sites is 1. The minimum atomic E-state index is -3.27. The Labute approximate surface area is 182 Å². The third-order valence-electron chi connectivity index (χ3n) is 5.14. The molecule has 166 valence electrons. The van der Waals surface area contributed by atoms with Crippen molar-refractivity contribution in [3.8, 4) is 5.75 Å². The quantitative estimate of drug-likeness (QED) is 0.603. The maximum absolute atomic E-state index is 12.6. The van der Waals surface area contributed by atoms with E-state index in [1.807, 2.05) is 31.2 Å². The Morgan fingerprint density at radius 3 is 2.29 bits per heavy atom. The highest BCUT2D eigenvalue weighted by Crippen LogP contribution is 2.21. The highest BCUT2D eigenvalue weighted by Gasteiger charge is 2.26. The van der Waals surface area contributed by atoms with Gasteiger partial charge >= 0.3 is 5.97 Å². The van der Waals surface area contributed by atoms with Gasteiger partial charge in [-0.15, -0.1) is 0 Å². The molecule has 2 aromatic carbocycles. The largest absolute Gasteiger partial charge is 0.488 e. The van der Waals surface area contributed by atoms with E-state index in [4.69, 9.17) is 9.47 Å². The Kier molecular flexibility index (Phi) is 7.29. The minimum absolute atomic E-state index is 0.230. The summed E-state index contributed by atoms with van der Waals surface area (Å²) >= 11 is 0. The molecule has 0 aromatic heterocycles. The first-order valence-corrected chi connectivity index (χ1v) is 11.8. The highest BCUT2D eigenvalue weighted by molar-refractivity contribution is 7.88. The van der Waals surface area contributed by atoms with Crippen molar-refractivity contribution in [1.29, 1.82) is 0 Å². The van der Waals surface area contributed by atoms with Crippen LogP contribution in [-0.2, 0) is 26.2 Å². The number of nitrogens with zero attached hydrogens (tertiary/aromatic N) is 2. The fraction of sp³-hybridized carbons (Fsp3) is 0.364. The first-order valence-electron chi connectivity index (χ1n) is 9.92. The van der Waals surface area contributed by atoms with Gasteiger partial charge in [-0.3, -0.25) is 4.79 Å². The molecule has 0 spiro atoms. The zero-order valence-electron chi connectivity index (χ0n) is 17.6. The maximum atomic E-state index is 12.6. The van der Waals surface area contributed by atoms with Crippen LogP contribution in [0.1, 0.15) is 21.5 Å². The van der Waals surface area contributed by atoms with E-state index in [0.29, 0.717) is 12.4 Å². The first-order chi connectivity index (χ1) is 14.8. The number of hydrogen-bond donors (Lipinski definition) is 0. The number of ether oxygens (including phenoxy) is 2. The highest BCUT2D eigenvalue weighted by atomic mass is 32.2. The molecule has 0 N–H and O–H groups in total. The van der Waals surface area contributed by atoms with E-state index in [0.717, 1.165) is 17.4 Å². The minimum Gasteiger partial charge on any atom is -0.488 e. The normalized spacial score (nSPS) is 14.8. The summed E-state index contributed by atoms with van der Waals surface area (Å²) in [5, 5.41) is 0. The van der Waals surface area contributed by atoms with E-state index in [-0.39, 0.29) is 37.6 Å². The second kappa shape index (κ2) is 9.93. The lowest BCUT2D eigenvalue weighted by Gasteiger charge is -2.33. The van der Waals surface area contributed by atoms with Gasteiger partial charge < -0.3 is 14.4 Å². The summed E-state index contributed by atoms with van der Waals surface area (Å²) in [6.45, 7) is 2.87. The number of benzene rings is 2. The van der Waals surface area contributed by atoms with Crippen LogP contribution in [0.5, 0.6) is 5.75 Å². The van der Waals surface area contributed by atoms with Crippen molar-refractivity contribution in [2.24, 2.45) is 0 Å². The summed E-state index contributed by atoms with van der Waals surface area (Å²) in [4.78, 5) is 26.4. The lowest BCUT2D eigenvalue weighted by molar-refractivity contribution is -0.135. The van der Waals surface area contributed by atoms with Gasteiger partial charge in [0.25, 0.3) is 5.91 Å². The Hall–Kier alpha value is -2.91. The third-order valence-corrected chi connectivity index (χ3v) is 6.44. The molecule has 8 nitrogen and oxygen atoms in total. The van der Waals surface area contributed by atoms with Crippen LogP contribution >= 0.6 is 0 Å². The molecule has 9 heteroatoms. The van der Waals surface area contributed by atoms with E-state index >= 15 is 0 Å². The summed E-state index contributed by atoms with van der Waals surface area (Å²) in [7, 11) is -3.27. The fourth-order valence-electron chi connectivity index (χ4n) is 3.25. The summed E-state index contributed by atoms with van der Waals surface area (Å²) in [5.74, 6) is -0.631. The van der Waals surface area contributed by atoms with Crippen LogP contribution in [0.15, 0.2) is 48.5 Å². The Balaban J connectivity index is 1.55. The molecule has 0 radical (unpaired) electrons. The number of rotatable bonds is 7. The van der Waals surface area contributed by atoms with Gasteiger partial charge in [-0.25, -0.2) is 13.2 Å². The molecular weight excluding hydrogens is 420 g/mol. The lowest BCUT2D eigenvalue weighted by Crippen LogP contribution is -2.51. The van der Waals surface area contributed by atoms with Crippen molar-refractivity contribution < 1.29 is 27.5 Å². The van der Waals surface area contributed by atoms with Gasteiger partial charge in [0, 0.05) is 26.2 Å². The van der Waals surface area contributed by atoms with Crippen LogP contribution < -0.4 is 4.74 Å². The fourth-order valence-corrected chi connectivity index (χ4v) is 4.08. The summed E-state index contributed by atoms with van der Waals surface area (Å²) in [6, 6.07) is 14.5. The summed E-state index contributed by atoms with van der Waals surface area (Å²) < 4.78 is 35.5. The van der Waals surface area contributed by atoms with E-state index in [2.05, 4.69) is 0 Å². The smallest absolute Gasteiger partial charge is 0.342 e. The molecule has 1 fully saturated rings.